The lowest BCUT2D eigenvalue weighted by Crippen LogP contribution is -2.30. The fourth-order valence-electron chi connectivity index (χ4n) is 6.28. The molecule has 14 nitrogen and oxygen atoms in total. The zero-order chi connectivity index (χ0) is 45.5. The van der Waals surface area contributed by atoms with Crippen molar-refractivity contribution >= 4 is 27.6 Å². The monoisotopic (exact) mass is 911 g/mol. The van der Waals surface area contributed by atoms with Crippen molar-refractivity contribution in [2.45, 2.75) is 206 Å². The SMILES string of the molecule is CC/C=C/CC(O)/C=C/C=C/CCCCCCCC(=O)O[C@H](COC(=O)CCCCCCCCCCCCCCCCCC(C)C)COP(=O)(O)OC[C@@H](O)COP(=O)(O)O. The van der Waals surface area contributed by atoms with Gasteiger partial charge in [0.2, 0.25) is 0 Å². The van der Waals surface area contributed by atoms with Crippen molar-refractivity contribution in [2.75, 3.05) is 26.4 Å². The summed E-state index contributed by atoms with van der Waals surface area (Å²) >= 11 is 0. The summed E-state index contributed by atoms with van der Waals surface area (Å²) < 4.78 is 47.8. The Balaban J connectivity index is 4.51. The number of phosphoric ester groups is 2. The van der Waals surface area contributed by atoms with Crippen molar-refractivity contribution < 1.29 is 66.7 Å². The second kappa shape index (κ2) is 39.9. The number of hydrogen-bond acceptors (Lipinski definition) is 11. The Bertz CT molecular complexity index is 1250. The third kappa shape index (κ3) is 44.7. The van der Waals surface area contributed by atoms with E-state index in [1.54, 1.807) is 6.08 Å². The molecule has 61 heavy (non-hydrogen) atoms. The van der Waals surface area contributed by atoms with E-state index in [0.29, 0.717) is 19.3 Å². The van der Waals surface area contributed by atoms with Crippen molar-refractivity contribution in [1.29, 1.82) is 0 Å². The van der Waals surface area contributed by atoms with Crippen molar-refractivity contribution in [3.8, 4) is 0 Å². The van der Waals surface area contributed by atoms with Crippen LogP contribution < -0.4 is 0 Å². The highest BCUT2D eigenvalue weighted by Crippen LogP contribution is 2.43. The second-order valence-electron chi connectivity index (χ2n) is 16.3. The van der Waals surface area contributed by atoms with Crippen LogP contribution in [0.1, 0.15) is 188 Å². The van der Waals surface area contributed by atoms with Crippen LogP contribution in [0.4, 0.5) is 0 Å². The van der Waals surface area contributed by atoms with Crippen molar-refractivity contribution in [2.24, 2.45) is 5.92 Å². The van der Waals surface area contributed by atoms with Crippen molar-refractivity contribution in [3.05, 3.63) is 36.5 Å². The number of unbranched alkanes of at least 4 members (excludes halogenated alkanes) is 19. The molecule has 16 heteroatoms. The maximum Gasteiger partial charge on any atom is 0.472 e. The van der Waals surface area contributed by atoms with Crippen LogP contribution >= 0.6 is 15.6 Å². The Morgan fingerprint density at radius 2 is 1.07 bits per heavy atom. The number of carbonyl (C=O) groups excluding carboxylic acids is 2. The van der Waals surface area contributed by atoms with Gasteiger partial charge in [0.25, 0.3) is 0 Å². The molecule has 0 rings (SSSR count). The summed E-state index contributed by atoms with van der Waals surface area (Å²) in [7, 11) is -9.70. The molecule has 4 atom stereocenters. The van der Waals surface area contributed by atoms with Crippen LogP contribution in [0.25, 0.3) is 0 Å². The summed E-state index contributed by atoms with van der Waals surface area (Å²) in [6.07, 6.45) is 34.7. The maximum absolute atomic E-state index is 12.7. The first-order valence-corrected chi connectivity index (χ1v) is 26.2. The van der Waals surface area contributed by atoms with E-state index in [2.05, 4.69) is 29.0 Å². The van der Waals surface area contributed by atoms with E-state index in [-0.39, 0.29) is 12.8 Å². The minimum atomic E-state index is -4.87. The molecule has 358 valence electrons. The first-order valence-electron chi connectivity index (χ1n) is 23.1. The average Bonchev–Trinajstić information content (AvgIpc) is 3.20. The van der Waals surface area contributed by atoms with E-state index in [1.165, 1.54) is 77.0 Å². The van der Waals surface area contributed by atoms with Gasteiger partial charge in [-0.15, -0.1) is 0 Å². The third-order valence-corrected chi connectivity index (χ3v) is 11.2. The molecule has 0 bridgehead atoms. The first kappa shape index (κ1) is 59.3. The van der Waals surface area contributed by atoms with Gasteiger partial charge in [-0.1, -0.05) is 173 Å². The fourth-order valence-corrected chi connectivity index (χ4v) is 7.43. The predicted molar refractivity (Wildman–Crippen MR) is 241 cm³/mol. The molecule has 2 unspecified atom stereocenters. The molecule has 0 aliphatic carbocycles. The van der Waals surface area contributed by atoms with Gasteiger partial charge in [0.1, 0.15) is 12.7 Å². The maximum atomic E-state index is 12.7. The highest BCUT2D eigenvalue weighted by molar-refractivity contribution is 7.47. The Labute approximate surface area is 368 Å². The Morgan fingerprint density at radius 3 is 1.61 bits per heavy atom. The smallest absolute Gasteiger partial charge is 0.462 e. The van der Waals surface area contributed by atoms with E-state index < -0.39 is 72.3 Å². The van der Waals surface area contributed by atoms with Crippen LogP contribution in [-0.2, 0) is 41.8 Å². The molecule has 0 amide bonds. The number of esters is 2. The second-order valence-corrected chi connectivity index (χ2v) is 19.0. The van der Waals surface area contributed by atoms with Crippen LogP contribution in [0.5, 0.6) is 0 Å². The van der Waals surface area contributed by atoms with Gasteiger partial charge in [0.05, 0.1) is 25.9 Å². The zero-order valence-electron chi connectivity index (χ0n) is 37.8. The largest absolute Gasteiger partial charge is 0.472 e. The molecule has 0 saturated heterocycles. The first-order chi connectivity index (χ1) is 29.1. The normalized spacial score (nSPS) is 14.9. The number of aliphatic hydroxyl groups is 2. The Morgan fingerprint density at radius 1 is 0.574 bits per heavy atom. The molecule has 0 aliphatic heterocycles. The minimum Gasteiger partial charge on any atom is -0.462 e. The minimum absolute atomic E-state index is 0.0861. The van der Waals surface area contributed by atoms with Gasteiger partial charge in [-0.05, 0) is 44.4 Å². The van der Waals surface area contributed by atoms with Gasteiger partial charge >= 0.3 is 27.6 Å². The quantitative estimate of drug-likeness (QED) is 0.0127. The van der Waals surface area contributed by atoms with Gasteiger partial charge in [0.15, 0.2) is 6.10 Å². The lowest BCUT2D eigenvalue weighted by molar-refractivity contribution is -0.161. The summed E-state index contributed by atoms with van der Waals surface area (Å²) in [6.45, 7) is 3.86. The van der Waals surface area contributed by atoms with Crippen LogP contribution in [0, 0.1) is 5.92 Å². The molecular formula is C45H84O14P2. The zero-order valence-corrected chi connectivity index (χ0v) is 39.6. The van der Waals surface area contributed by atoms with Crippen molar-refractivity contribution in [3.63, 3.8) is 0 Å². The average molecular weight is 911 g/mol. The number of carbonyl (C=O) groups is 2. The molecule has 0 saturated carbocycles. The summed E-state index contributed by atoms with van der Waals surface area (Å²) in [5.41, 5.74) is 0. The van der Waals surface area contributed by atoms with Crippen LogP contribution in [0.2, 0.25) is 0 Å². The highest BCUT2D eigenvalue weighted by Gasteiger charge is 2.28. The number of allylic oxidation sites excluding steroid dienone is 4. The van der Waals surface area contributed by atoms with E-state index in [1.807, 2.05) is 31.2 Å². The number of ether oxygens (including phenoxy) is 2. The number of phosphoric acid groups is 2. The van der Waals surface area contributed by atoms with E-state index in [4.69, 9.17) is 23.8 Å². The van der Waals surface area contributed by atoms with Crippen LogP contribution in [0.15, 0.2) is 36.5 Å². The molecule has 0 spiro atoms. The van der Waals surface area contributed by atoms with Gasteiger partial charge < -0.3 is 34.4 Å². The van der Waals surface area contributed by atoms with Crippen LogP contribution in [-0.4, -0.2) is 81.6 Å². The third-order valence-electron chi connectivity index (χ3n) is 9.79. The summed E-state index contributed by atoms with van der Waals surface area (Å²) in [5.74, 6) is -0.265. The standard InChI is InChI=1S/C45H84O14P2/c1-4-5-26-32-41(46)33-28-23-19-15-13-17-21-25-30-35-45(49)59-43(39-58-61(53,54)57-37-42(47)36-56-60(50,51)52)38-55-44(48)34-29-24-20-16-12-10-8-6-7-9-11-14-18-22-27-31-40(2)3/h5,19,23,26,28,33,40-43,46-47H,4,6-18,20-22,24-25,27,29-32,34-39H2,1-3H3,(H,53,54)(H2,50,51,52)/b23-19+,26-5+,33-28+/t41?,42-,43+/m0/s1. The lowest BCUT2D eigenvalue weighted by atomic mass is 10.0. The summed E-state index contributed by atoms with van der Waals surface area (Å²) in [5, 5.41) is 19.6. The molecule has 0 heterocycles. The molecule has 5 N–H and O–H groups in total. The van der Waals surface area contributed by atoms with E-state index in [0.717, 1.165) is 63.7 Å². The number of hydrogen-bond donors (Lipinski definition) is 5. The summed E-state index contributed by atoms with van der Waals surface area (Å²) in [6, 6.07) is 0. The molecule has 0 aliphatic rings. The van der Waals surface area contributed by atoms with Gasteiger partial charge in [0, 0.05) is 12.8 Å². The molecular weight excluding hydrogens is 826 g/mol. The van der Waals surface area contributed by atoms with Gasteiger partial charge in [-0.2, -0.15) is 0 Å². The molecule has 0 aromatic carbocycles. The molecule has 0 aromatic heterocycles. The van der Waals surface area contributed by atoms with Crippen LogP contribution in [0.3, 0.4) is 0 Å². The Hall–Kier alpha value is -1.70. The topological polar surface area (TPSA) is 216 Å². The lowest BCUT2D eigenvalue weighted by Gasteiger charge is -2.20. The fraction of sp³-hybridized carbons (Fsp3) is 0.822. The van der Waals surface area contributed by atoms with E-state index in [9.17, 15) is 33.8 Å². The predicted octanol–water partition coefficient (Wildman–Crippen LogP) is 10.9. The Kier molecular flexibility index (Phi) is 38.7. The summed E-state index contributed by atoms with van der Waals surface area (Å²) in [4.78, 5) is 52.8. The van der Waals surface area contributed by atoms with Gasteiger partial charge in [-0.3, -0.25) is 23.2 Å². The van der Waals surface area contributed by atoms with Gasteiger partial charge in [-0.25, -0.2) is 9.13 Å². The molecule has 0 aromatic rings. The molecule has 0 fully saturated rings. The van der Waals surface area contributed by atoms with Crippen molar-refractivity contribution in [1.82, 2.24) is 0 Å². The number of rotatable bonds is 43. The van der Waals surface area contributed by atoms with E-state index >= 15 is 0 Å². The molecule has 0 radical (unpaired) electrons. The highest BCUT2D eigenvalue weighted by atomic mass is 31.2. The number of aliphatic hydroxyl groups excluding tert-OH is 2.